The highest BCUT2D eigenvalue weighted by molar-refractivity contribution is 7.95. The van der Waals surface area contributed by atoms with Crippen LogP contribution in [-0.2, 0) is 6.16 Å². The Hall–Kier alpha value is -3.55. The zero-order valence-electron chi connectivity index (χ0n) is 17.0. The second kappa shape index (κ2) is 8.29. The number of fused-ring (bicyclic) bond motifs is 1. The van der Waals surface area contributed by atoms with Gasteiger partial charge in [0.05, 0.1) is 17.7 Å². The van der Waals surface area contributed by atoms with E-state index in [-0.39, 0.29) is 5.56 Å². The van der Waals surface area contributed by atoms with Crippen molar-refractivity contribution in [2.75, 3.05) is 0 Å². The fourth-order valence-electron chi connectivity index (χ4n) is 4.29. The van der Waals surface area contributed by atoms with Crippen molar-refractivity contribution in [3.8, 4) is 0 Å². The molecule has 0 saturated heterocycles. The number of nitrogens with zero attached hydrogens (tertiary/aromatic N) is 1. The molecule has 0 bridgehead atoms. The SMILES string of the molecule is O=c1[nH]ncc2cc(C[P+](c3ccccc3)(c3ccccc3)c3ccccc3)ccc12. The summed E-state index contributed by atoms with van der Waals surface area (Å²) in [6, 6.07) is 38.6. The topological polar surface area (TPSA) is 45.8 Å². The van der Waals surface area contributed by atoms with Gasteiger partial charge < -0.3 is 0 Å². The molecular weight excluding hydrogens is 399 g/mol. The molecule has 1 aromatic heterocycles. The summed E-state index contributed by atoms with van der Waals surface area (Å²) in [5.41, 5.74) is 1.05. The lowest BCUT2D eigenvalue weighted by Gasteiger charge is -2.28. The molecule has 0 amide bonds. The molecule has 31 heavy (non-hydrogen) atoms. The number of benzene rings is 4. The van der Waals surface area contributed by atoms with E-state index in [1.54, 1.807) is 6.20 Å². The highest BCUT2D eigenvalue weighted by Gasteiger charge is 2.45. The van der Waals surface area contributed by atoms with Crippen LogP contribution in [0.2, 0.25) is 0 Å². The van der Waals surface area contributed by atoms with Crippen LogP contribution in [0.4, 0.5) is 0 Å². The van der Waals surface area contributed by atoms with Gasteiger partial charge in [0.1, 0.15) is 23.2 Å². The van der Waals surface area contributed by atoms with Crippen molar-refractivity contribution < 1.29 is 0 Å². The largest absolute Gasteiger partial charge is 0.272 e. The maximum Gasteiger partial charge on any atom is 0.272 e. The van der Waals surface area contributed by atoms with Crippen LogP contribution in [0.5, 0.6) is 0 Å². The van der Waals surface area contributed by atoms with Gasteiger partial charge in [0.25, 0.3) is 5.56 Å². The number of aromatic amines is 1. The molecule has 3 nitrogen and oxygen atoms in total. The average Bonchev–Trinajstić information content (AvgIpc) is 2.84. The number of aromatic nitrogens is 2. The molecule has 1 N–H and O–H groups in total. The number of rotatable bonds is 5. The van der Waals surface area contributed by atoms with Gasteiger partial charge in [-0.25, -0.2) is 5.10 Å². The van der Waals surface area contributed by atoms with Crippen LogP contribution in [0.15, 0.2) is 120 Å². The Bertz CT molecular complexity index is 1270. The maximum absolute atomic E-state index is 12.1. The first kappa shape index (κ1) is 19.4. The zero-order chi connectivity index (χ0) is 21.1. The Kier molecular flexibility index (Phi) is 5.19. The fraction of sp³-hybridized carbons (Fsp3) is 0.0370. The second-order valence-corrected chi connectivity index (χ2v) is 11.1. The Morgan fingerprint density at radius 1 is 0.677 bits per heavy atom. The molecule has 5 aromatic rings. The Labute approximate surface area is 181 Å². The van der Waals surface area contributed by atoms with Gasteiger partial charge in [0.15, 0.2) is 0 Å². The van der Waals surface area contributed by atoms with Crippen molar-refractivity contribution in [2.45, 2.75) is 6.16 Å². The molecule has 0 aliphatic heterocycles. The van der Waals surface area contributed by atoms with E-state index in [1.807, 2.05) is 6.07 Å². The van der Waals surface area contributed by atoms with Gasteiger partial charge in [0, 0.05) is 5.39 Å². The predicted octanol–water partition coefficient (Wildman–Crippen LogP) is 4.42. The number of nitrogens with one attached hydrogen (secondary N) is 1. The zero-order valence-corrected chi connectivity index (χ0v) is 17.9. The highest BCUT2D eigenvalue weighted by atomic mass is 31.2. The van der Waals surface area contributed by atoms with E-state index in [9.17, 15) is 4.79 Å². The fourth-order valence-corrected chi connectivity index (χ4v) is 8.52. The first-order valence-corrected chi connectivity index (χ1v) is 12.3. The normalized spacial score (nSPS) is 11.5. The van der Waals surface area contributed by atoms with Crippen molar-refractivity contribution in [3.63, 3.8) is 0 Å². The first-order chi connectivity index (χ1) is 15.3. The number of hydrogen-bond acceptors (Lipinski definition) is 2. The Morgan fingerprint density at radius 3 is 1.71 bits per heavy atom. The van der Waals surface area contributed by atoms with Gasteiger partial charge in [0.2, 0.25) is 0 Å². The predicted molar refractivity (Wildman–Crippen MR) is 131 cm³/mol. The van der Waals surface area contributed by atoms with Gasteiger partial charge in [-0.05, 0) is 54.1 Å². The molecule has 4 heteroatoms. The Morgan fingerprint density at radius 2 is 1.19 bits per heavy atom. The summed E-state index contributed by atoms with van der Waals surface area (Å²) in [4.78, 5) is 12.1. The molecule has 0 unspecified atom stereocenters. The molecule has 0 spiro atoms. The summed E-state index contributed by atoms with van der Waals surface area (Å²) in [5, 5.41) is 12.1. The van der Waals surface area contributed by atoms with E-state index in [1.165, 1.54) is 21.5 Å². The van der Waals surface area contributed by atoms with Gasteiger partial charge in [-0.2, -0.15) is 5.10 Å². The van der Waals surface area contributed by atoms with E-state index in [4.69, 9.17) is 0 Å². The van der Waals surface area contributed by atoms with Crippen molar-refractivity contribution in [1.82, 2.24) is 10.2 Å². The van der Waals surface area contributed by atoms with Crippen LogP contribution >= 0.6 is 7.26 Å². The minimum Gasteiger partial charge on any atom is -0.267 e. The minimum atomic E-state index is -1.97. The second-order valence-electron chi connectivity index (χ2n) is 7.60. The summed E-state index contributed by atoms with van der Waals surface area (Å²) in [6.45, 7) is 0. The van der Waals surface area contributed by atoms with Crippen molar-refractivity contribution in [3.05, 3.63) is 131 Å². The smallest absolute Gasteiger partial charge is 0.267 e. The molecule has 4 aromatic carbocycles. The molecule has 0 aliphatic carbocycles. The third-order valence-electron chi connectivity index (χ3n) is 5.74. The van der Waals surface area contributed by atoms with Crippen LogP contribution in [0.3, 0.4) is 0 Å². The molecule has 0 atom stereocenters. The summed E-state index contributed by atoms with van der Waals surface area (Å²) >= 11 is 0. The van der Waals surface area contributed by atoms with E-state index < -0.39 is 7.26 Å². The van der Waals surface area contributed by atoms with Crippen LogP contribution in [0.1, 0.15) is 5.56 Å². The quantitative estimate of drug-likeness (QED) is 0.427. The summed E-state index contributed by atoms with van der Waals surface area (Å²) in [7, 11) is -1.97. The van der Waals surface area contributed by atoms with E-state index in [0.717, 1.165) is 11.5 Å². The van der Waals surface area contributed by atoms with Crippen molar-refractivity contribution in [1.29, 1.82) is 0 Å². The average molecular weight is 421 g/mol. The van der Waals surface area contributed by atoms with Crippen molar-refractivity contribution in [2.24, 2.45) is 0 Å². The maximum atomic E-state index is 12.1. The molecule has 0 aliphatic rings. The molecular formula is C27H22N2OP+. The summed E-state index contributed by atoms with van der Waals surface area (Å²) in [5.74, 6) is 0. The van der Waals surface area contributed by atoms with Crippen LogP contribution in [-0.4, -0.2) is 10.2 Å². The monoisotopic (exact) mass is 421 g/mol. The lowest BCUT2D eigenvalue weighted by molar-refractivity contribution is 1.01. The number of hydrogen-bond donors (Lipinski definition) is 1. The van der Waals surface area contributed by atoms with Gasteiger partial charge in [-0.15, -0.1) is 0 Å². The van der Waals surface area contributed by atoms with E-state index >= 15 is 0 Å². The minimum absolute atomic E-state index is 0.153. The molecule has 0 saturated carbocycles. The third kappa shape index (κ3) is 3.58. The molecule has 5 rings (SSSR count). The van der Waals surface area contributed by atoms with Crippen LogP contribution in [0, 0.1) is 0 Å². The summed E-state index contributed by atoms with van der Waals surface area (Å²) < 4.78 is 0. The molecule has 0 fully saturated rings. The van der Waals surface area contributed by atoms with Gasteiger partial charge >= 0.3 is 0 Å². The Balaban J connectivity index is 1.77. The number of H-pyrrole nitrogens is 1. The third-order valence-corrected chi connectivity index (χ3v) is 10.1. The van der Waals surface area contributed by atoms with Crippen molar-refractivity contribution >= 4 is 33.9 Å². The highest BCUT2D eigenvalue weighted by Crippen LogP contribution is 2.58. The molecule has 0 radical (unpaired) electrons. The summed E-state index contributed by atoms with van der Waals surface area (Å²) in [6.07, 6.45) is 2.60. The standard InChI is InChI=1S/C27H21N2OP/c30-27-26-17-16-21(18-22(26)19-28-29-27)20-31(23-10-4-1-5-11-23,24-12-6-2-7-13-24)25-14-8-3-9-15-25/h1-19H,20H2/p+1. The van der Waals surface area contributed by atoms with Crippen LogP contribution in [0.25, 0.3) is 10.8 Å². The molecule has 150 valence electrons. The van der Waals surface area contributed by atoms with Crippen LogP contribution < -0.4 is 21.5 Å². The van der Waals surface area contributed by atoms with E-state index in [0.29, 0.717) is 5.39 Å². The van der Waals surface area contributed by atoms with E-state index in [2.05, 4.69) is 113 Å². The van der Waals surface area contributed by atoms with Gasteiger partial charge in [-0.3, -0.25) is 4.79 Å². The lowest BCUT2D eigenvalue weighted by atomic mass is 10.1. The van der Waals surface area contributed by atoms with Gasteiger partial charge in [-0.1, -0.05) is 60.7 Å². The first-order valence-electron chi connectivity index (χ1n) is 10.3. The lowest BCUT2D eigenvalue weighted by Crippen LogP contribution is -2.32. The molecule has 1 heterocycles.